The lowest BCUT2D eigenvalue weighted by atomic mass is 10.0. The van der Waals surface area contributed by atoms with Crippen molar-refractivity contribution in [2.75, 3.05) is 50.7 Å². The quantitative estimate of drug-likeness (QED) is 0.313. The van der Waals surface area contributed by atoms with Crippen molar-refractivity contribution in [3.05, 3.63) is 63.7 Å². The number of hydrogen-bond donors (Lipinski definition) is 0. The van der Waals surface area contributed by atoms with Gasteiger partial charge in [-0.05, 0) is 70.0 Å². The molecule has 2 amide bonds. The van der Waals surface area contributed by atoms with Crippen LogP contribution in [0.25, 0.3) is 11.3 Å². The number of piperidine rings is 1. The number of anilines is 1. The molecule has 3 aromatic rings. The van der Waals surface area contributed by atoms with Crippen molar-refractivity contribution in [2.45, 2.75) is 63.8 Å². The highest BCUT2D eigenvalue weighted by Crippen LogP contribution is 2.36. The second-order valence-electron chi connectivity index (χ2n) is 13.3. The number of rotatable bonds is 5. The van der Waals surface area contributed by atoms with Gasteiger partial charge in [-0.25, -0.2) is 9.48 Å². The van der Waals surface area contributed by atoms with E-state index < -0.39 is 17.7 Å². The van der Waals surface area contributed by atoms with Crippen LogP contribution in [0.2, 0.25) is 15.1 Å². The molecule has 1 aromatic heterocycles. The monoisotopic (exact) mass is 687 g/mol. The average Bonchev–Trinajstić information content (AvgIpc) is 3.69. The molecule has 3 saturated heterocycles. The van der Waals surface area contributed by atoms with E-state index in [0.717, 1.165) is 44.0 Å². The second kappa shape index (κ2) is 13.6. The summed E-state index contributed by atoms with van der Waals surface area (Å²) in [4.78, 5) is 35.9. The summed E-state index contributed by atoms with van der Waals surface area (Å²) in [5, 5.41) is 10.4. The lowest BCUT2D eigenvalue weighted by molar-refractivity contribution is -0.137. The Morgan fingerprint density at radius 2 is 1.52 bits per heavy atom. The first kappa shape index (κ1) is 32.9. The third-order valence-corrected chi connectivity index (χ3v) is 9.98. The minimum absolute atomic E-state index is 0.0474. The molecule has 6 rings (SSSR count). The minimum Gasteiger partial charge on any atom is -0.444 e. The van der Waals surface area contributed by atoms with E-state index in [1.54, 1.807) is 34.0 Å². The number of likely N-dealkylation sites (tertiary alicyclic amines) is 2. The number of ether oxygens (including phenoxy) is 1. The van der Waals surface area contributed by atoms with E-state index in [2.05, 4.69) is 32.2 Å². The van der Waals surface area contributed by atoms with Gasteiger partial charge < -0.3 is 14.5 Å². The normalized spacial score (nSPS) is 21.6. The van der Waals surface area contributed by atoms with E-state index >= 15 is 0 Å². The Morgan fingerprint density at radius 3 is 2.15 bits per heavy atom. The van der Waals surface area contributed by atoms with Gasteiger partial charge in [0.05, 0.1) is 22.3 Å². The fourth-order valence-corrected chi connectivity index (χ4v) is 7.45. The van der Waals surface area contributed by atoms with E-state index in [9.17, 15) is 9.59 Å². The molecule has 0 radical (unpaired) electrons. The van der Waals surface area contributed by atoms with Gasteiger partial charge in [0.1, 0.15) is 17.3 Å². The molecule has 0 aliphatic carbocycles. The molecule has 13 heteroatoms. The summed E-state index contributed by atoms with van der Waals surface area (Å²) in [5.74, 6) is -0.0474. The topological polar surface area (TPSA) is 87.0 Å². The number of halogens is 3. The summed E-state index contributed by atoms with van der Waals surface area (Å²) in [5.41, 5.74) is 1.63. The Kier molecular flexibility index (Phi) is 9.71. The van der Waals surface area contributed by atoms with Gasteiger partial charge in [0.2, 0.25) is 5.91 Å². The van der Waals surface area contributed by atoms with E-state index in [1.807, 2.05) is 37.8 Å². The van der Waals surface area contributed by atoms with Gasteiger partial charge in [-0.2, -0.15) is 0 Å². The Bertz CT molecular complexity index is 1520. The van der Waals surface area contributed by atoms with Crippen LogP contribution in [-0.2, 0) is 9.53 Å². The zero-order chi connectivity index (χ0) is 32.6. The lowest BCUT2D eigenvalue weighted by Crippen LogP contribution is -2.55. The number of piperazine rings is 1. The maximum atomic E-state index is 14.0. The highest BCUT2D eigenvalue weighted by molar-refractivity contribution is 6.39. The number of hydrogen-bond acceptors (Lipinski definition) is 7. The molecule has 46 heavy (non-hydrogen) atoms. The van der Waals surface area contributed by atoms with Crippen LogP contribution in [0.15, 0.2) is 48.7 Å². The standard InChI is InChI=1S/C33H40Cl3N7O3/c1-33(2,3)46-32(45)42-20-25(43-21-28(37-38-43)30-26(35)5-4-6-27(30)36)19-29(42)31(44)41-13-11-24(12-14-41)40-17-15-39(16-18-40)23-9-7-22(34)8-10-23/h4-10,21,24-25,29H,11-20H2,1-3H3/t25?,29-/m0/s1. The summed E-state index contributed by atoms with van der Waals surface area (Å²) < 4.78 is 7.45. The van der Waals surface area contributed by atoms with Crippen LogP contribution in [0.1, 0.15) is 46.1 Å². The number of carbonyl (C=O) groups excluding carboxylic acids is 2. The van der Waals surface area contributed by atoms with Crippen LogP contribution in [0.5, 0.6) is 0 Å². The maximum Gasteiger partial charge on any atom is 0.411 e. The molecule has 3 aliphatic rings. The molecule has 10 nitrogen and oxygen atoms in total. The summed E-state index contributed by atoms with van der Waals surface area (Å²) >= 11 is 18.9. The predicted molar refractivity (Wildman–Crippen MR) is 181 cm³/mol. The lowest BCUT2D eigenvalue weighted by Gasteiger charge is -2.44. The van der Waals surface area contributed by atoms with Crippen LogP contribution in [0.4, 0.5) is 10.5 Å². The van der Waals surface area contributed by atoms with Crippen LogP contribution >= 0.6 is 34.8 Å². The fraction of sp³-hybridized carbons (Fsp3) is 0.515. The molecule has 4 heterocycles. The van der Waals surface area contributed by atoms with Crippen LogP contribution in [0, 0.1) is 0 Å². The maximum absolute atomic E-state index is 14.0. The van der Waals surface area contributed by atoms with Crippen molar-refractivity contribution >= 4 is 52.5 Å². The Labute approximate surface area is 285 Å². The van der Waals surface area contributed by atoms with Gasteiger partial charge in [0.25, 0.3) is 0 Å². The first-order valence-electron chi connectivity index (χ1n) is 15.9. The van der Waals surface area contributed by atoms with Crippen LogP contribution < -0.4 is 4.90 Å². The fourth-order valence-electron chi connectivity index (χ4n) is 6.73. The number of carbonyl (C=O) groups is 2. The van der Waals surface area contributed by atoms with Gasteiger partial charge in [-0.3, -0.25) is 14.6 Å². The summed E-state index contributed by atoms with van der Waals surface area (Å²) in [6.45, 7) is 11.0. The van der Waals surface area contributed by atoms with Gasteiger partial charge >= 0.3 is 6.09 Å². The number of amides is 2. The molecule has 3 aliphatic heterocycles. The molecule has 0 N–H and O–H groups in total. The van der Waals surface area contributed by atoms with Gasteiger partial charge in [0, 0.05) is 74.5 Å². The second-order valence-corrected chi connectivity index (χ2v) is 14.5. The number of benzene rings is 2. The van der Waals surface area contributed by atoms with Crippen molar-refractivity contribution in [3.8, 4) is 11.3 Å². The number of nitrogens with zero attached hydrogens (tertiary/aromatic N) is 7. The molecule has 2 atom stereocenters. The summed E-state index contributed by atoms with van der Waals surface area (Å²) in [6.07, 6.45) is 3.48. The number of aromatic nitrogens is 3. The van der Waals surface area contributed by atoms with E-state index in [0.29, 0.717) is 46.9 Å². The van der Waals surface area contributed by atoms with Crippen molar-refractivity contribution in [3.63, 3.8) is 0 Å². The Morgan fingerprint density at radius 1 is 0.870 bits per heavy atom. The molecule has 0 spiro atoms. The van der Waals surface area contributed by atoms with Gasteiger partial charge in [-0.1, -0.05) is 46.1 Å². The Balaban J connectivity index is 1.10. The molecular weight excluding hydrogens is 649 g/mol. The van der Waals surface area contributed by atoms with Crippen molar-refractivity contribution in [1.29, 1.82) is 0 Å². The predicted octanol–water partition coefficient (Wildman–Crippen LogP) is 6.27. The molecular formula is C33H40Cl3N7O3. The highest BCUT2D eigenvalue weighted by atomic mass is 35.5. The summed E-state index contributed by atoms with van der Waals surface area (Å²) in [6, 6.07) is 12.8. The summed E-state index contributed by atoms with van der Waals surface area (Å²) in [7, 11) is 0. The zero-order valence-corrected chi connectivity index (χ0v) is 28.7. The van der Waals surface area contributed by atoms with Gasteiger partial charge in [0.15, 0.2) is 0 Å². The molecule has 2 aromatic carbocycles. The molecule has 0 saturated carbocycles. The molecule has 246 valence electrons. The first-order valence-corrected chi connectivity index (χ1v) is 17.0. The van der Waals surface area contributed by atoms with Crippen molar-refractivity contribution in [1.82, 2.24) is 29.7 Å². The molecule has 1 unspecified atom stereocenters. The van der Waals surface area contributed by atoms with E-state index in [-0.39, 0.29) is 18.5 Å². The SMILES string of the molecule is CC(C)(C)OC(=O)N1CC(n2cc(-c3c(Cl)cccc3Cl)nn2)C[C@H]1C(=O)N1CCC(N2CCN(c3ccc(Cl)cc3)CC2)CC1. The smallest absolute Gasteiger partial charge is 0.411 e. The van der Waals surface area contributed by atoms with E-state index in [1.165, 1.54) is 5.69 Å². The average molecular weight is 689 g/mol. The van der Waals surface area contributed by atoms with E-state index in [4.69, 9.17) is 39.5 Å². The van der Waals surface area contributed by atoms with Crippen LogP contribution in [0.3, 0.4) is 0 Å². The van der Waals surface area contributed by atoms with Gasteiger partial charge in [-0.15, -0.1) is 5.10 Å². The van der Waals surface area contributed by atoms with Crippen LogP contribution in [-0.4, -0.2) is 105 Å². The largest absolute Gasteiger partial charge is 0.444 e. The van der Waals surface area contributed by atoms with Crippen molar-refractivity contribution < 1.29 is 14.3 Å². The highest BCUT2D eigenvalue weighted by Gasteiger charge is 2.45. The van der Waals surface area contributed by atoms with Crippen molar-refractivity contribution in [2.24, 2.45) is 0 Å². The zero-order valence-electron chi connectivity index (χ0n) is 26.4. The molecule has 3 fully saturated rings. The third-order valence-electron chi connectivity index (χ3n) is 9.09. The minimum atomic E-state index is -0.695. The molecule has 0 bridgehead atoms. The third kappa shape index (κ3) is 7.25. The first-order chi connectivity index (χ1) is 22.0. The Hall–Kier alpha value is -3.05.